The molecule has 1 unspecified atom stereocenters. The highest BCUT2D eigenvalue weighted by molar-refractivity contribution is 7.91. The molecule has 0 saturated heterocycles. The quantitative estimate of drug-likeness (QED) is 0.706. The van der Waals surface area contributed by atoms with Crippen molar-refractivity contribution >= 4 is 21.6 Å². The summed E-state index contributed by atoms with van der Waals surface area (Å²) < 4.78 is 24.0. The van der Waals surface area contributed by atoms with Gasteiger partial charge in [0.2, 0.25) is 5.88 Å². The van der Waals surface area contributed by atoms with Crippen LogP contribution >= 0.6 is 0 Å². The zero-order chi connectivity index (χ0) is 19.5. The molecular weight excluding hydrogens is 380 g/mol. The van der Waals surface area contributed by atoms with E-state index in [0.29, 0.717) is 19.0 Å². The van der Waals surface area contributed by atoms with Gasteiger partial charge in [0, 0.05) is 5.69 Å². The molecule has 1 aromatic carbocycles. The van der Waals surface area contributed by atoms with Crippen LogP contribution in [0.2, 0.25) is 0 Å². The molecule has 28 heavy (non-hydrogen) atoms. The Morgan fingerprint density at radius 1 is 1.32 bits per heavy atom. The fraction of sp³-hybridized carbons (Fsp3) is 0.444. The van der Waals surface area contributed by atoms with E-state index in [0.717, 1.165) is 42.5 Å². The number of nitrogens with zero attached hydrogens (tertiary/aromatic N) is 3. The number of fused-ring (bicyclic) bond motifs is 3. The van der Waals surface area contributed by atoms with Crippen LogP contribution in [0, 0.1) is 0 Å². The predicted molar refractivity (Wildman–Crippen MR) is 104 cm³/mol. The number of aryl methyl sites for hydroxylation is 2. The summed E-state index contributed by atoms with van der Waals surface area (Å²) in [5, 5.41) is 16.1. The topological polar surface area (TPSA) is 124 Å². The molecule has 2 atom stereocenters. The smallest absolute Gasteiger partial charge is 0.354 e. The van der Waals surface area contributed by atoms with Crippen molar-refractivity contribution in [2.24, 2.45) is 9.50 Å². The summed E-state index contributed by atoms with van der Waals surface area (Å²) in [7, 11) is -1.64. The van der Waals surface area contributed by atoms with Crippen LogP contribution in [0.25, 0.3) is 0 Å². The van der Waals surface area contributed by atoms with Crippen LogP contribution in [0.1, 0.15) is 22.3 Å². The second-order valence-corrected chi connectivity index (χ2v) is 9.17. The molecule has 2 aliphatic carbocycles. The average molecular weight is 402 g/mol. The standard InChI is InChI=1S/C18H22N6O3S/c1-20-12-8-24-17(27-9-12)15(7-21-24)28(19,26)23-18(25)22-16-13-4-2-10(13)6-11-3-5-14(11)16/h6-7,12,20H,2-5,8-9H2,1H3,(H3,19,22,23,25,26)/t12-,28?/m0/s1. The number of hydrogen-bond acceptors (Lipinski definition) is 5. The van der Waals surface area contributed by atoms with Crippen molar-refractivity contribution in [2.45, 2.75) is 43.2 Å². The number of nitrogens with two attached hydrogens (primary N) is 1. The second-order valence-electron chi connectivity index (χ2n) is 7.41. The molecule has 1 aromatic heterocycles. The van der Waals surface area contributed by atoms with Crippen LogP contribution in [0.15, 0.2) is 21.5 Å². The van der Waals surface area contributed by atoms with Crippen molar-refractivity contribution in [3.05, 3.63) is 34.5 Å². The van der Waals surface area contributed by atoms with E-state index in [1.54, 1.807) is 4.68 Å². The molecule has 2 amide bonds. The summed E-state index contributed by atoms with van der Waals surface area (Å²) in [5.41, 5.74) is 5.71. The molecule has 9 nitrogen and oxygen atoms in total. The Balaban J connectivity index is 1.43. The number of rotatable bonds is 3. The second kappa shape index (κ2) is 6.29. The molecule has 1 aliphatic heterocycles. The number of anilines is 1. The number of amides is 2. The maximum absolute atomic E-state index is 13.0. The monoisotopic (exact) mass is 402 g/mol. The lowest BCUT2D eigenvalue weighted by Gasteiger charge is -2.31. The van der Waals surface area contributed by atoms with Gasteiger partial charge in [-0.25, -0.2) is 18.8 Å². The molecule has 2 aromatic rings. The van der Waals surface area contributed by atoms with Gasteiger partial charge in [0.1, 0.15) is 11.5 Å². The summed E-state index contributed by atoms with van der Waals surface area (Å²) in [6.45, 7) is 0.967. The van der Waals surface area contributed by atoms with Gasteiger partial charge in [0.15, 0.2) is 9.92 Å². The van der Waals surface area contributed by atoms with Crippen molar-refractivity contribution in [1.82, 2.24) is 15.1 Å². The van der Waals surface area contributed by atoms with Gasteiger partial charge in [-0.2, -0.15) is 5.10 Å². The molecule has 10 heteroatoms. The molecule has 4 N–H and O–H groups in total. The van der Waals surface area contributed by atoms with Crippen molar-refractivity contribution in [3.63, 3.8) is 0 Å². The van der Waals surface area contributed by atoms with E-state index < -0.39 is 15.9 Å². The molecule has 0 saturated carbocycles. The van der Waals surface area contributed by atoms with E-state index >= 15 is 0 Å². The number of carbonyl (C=O) groups excluding carboxylic acids is 1. The SMILES string of the molecule is CN[C@@H]1COc2c(S(N)(=O)=NC(=O)Nc3c4c(cc5c3CC5)CC4)cnn2C1. The lowest BCUT2D eigenvalue weighted by molar-refractivity contribution is 0.184. The van der Waals surface area contributed by atoms with Gasteiger partial charge in [-0.05, 0) is 55.0 Å². The number of likely N-dealkylation sites (N-methyl/N-ethyl adjacent to an activating group) is 1. The number of benzene rings is 1. The van der Waals surface area contributed by atoms with E-state index in [1.165, 1.54) is 17.3 Å². The van der Waals surface area contributed by atoms with Crippen LogP contribution in [0.4, 0.5) is 10.5 Å². The zero-order valence-corrected chi connectivity index (χ0v) is 16.3. The van der Waals surface area contributed by atoms with Gasteiger partial charge < -0.3 is 15.4 Å². The first-order valence-electron chi connectivity index (χ1n) is 9.34. The first-order valence-corrected chi connectivity index (χ1v) is 10.9. The van der Waals surface area contributed by atoms with Gasteiger partial charge in [0.05, 0.1) is 18.8 Å². The maximum Gasteiger partial charge on any atom is 0.354 e. The molecule has 5 rings (SSSR count). The molecular formula is C18H22N6O3S. The third kappa shape index (κ3) is 2.71. The van der Waals surface area contributed by atoms with Crippen LogP contribution in [0.3, 0.4) is 0 Å². The summed E-state index contributed by atoms with van der Waals surface area (Å²) in [6, 6.07) is 1.63. The predicted octanol–water partition coefficient (Wildman–Crippen LogP) is 0.993. The van der Waals surface area contributed by atoms with Gasteiger partial charge in [-0.15, -0.1) is 4.36 Å². The summed E-state index contributed by atoms with van der Waals surface area (Å²) in [6.07, 6.45) is 5.31. The van der Waals surface area contributed by atoms with Crippen LogP contribution in [-0.2, 0) is 42.1 Å². The van der Waals surface area contributed by atoms with Gasteiger partial charge >= 0.3 is 6.03 Å². The van der Waals surface area contributed by atoms with Gasteiger partial charge in [-0.3, -0.25) is 0 Å². The normalized spacial score (nSPS) is 21.0. The minimum atomic E-state index is -3.48. The molecule has 0 fully saturated rings. The molecule has 148 valence electrons. The van der Waals surface area contributed by atoms with Crippen molar-refractivity contribution in [2.75, 3.05) is 19.0 Å². The molecule has 0 bridgehead atoms. The fourth-order valence-corrected chi connectivity index (χ4v) is 4.98. The van der Waals surface area contributed by atoms with Crippen molar-refractivity contribution in [3.8, 4) is 5.88 Å². The highest BCUT2D eigenvalue weighted by Crippen LogP contribution is 2.40. The molecule has 2 heterocycles. The lowest BCUT2D eigenvalue weighted by Crippen LogP contribution is -2.40. The summed E-state index contributed by atoms with van der Waals surface area (Å²) in [4.78, 5) is 12.7. The highest BCUT2D eigenvalue weighted by Gasteiger charge is 2.30. The van der Waals surface area contributed by atoms with E-state index in [4.69, 9.17) is 9.88 Å². The largest absolute Gasteiger partial charge is 0.475 e. The third-order valence-corrected chi connectivity index (χ3v) is 7.11. The zero-order valence-electron chi connectivity index (χ0n) is 15.5. The minimum Gasteiger partial charge on any atom is -0.475 e. The van der Waals surface area contributed by atoms with Gasteiger partial charge in [-0.1, -0.05) is 6.07 Å². The number of hydrogen-bond donors (Lipinski definition) is 3. The van der Waals surface area contributed by atoms with E-state index in [2.05, 4.69) is 26.2 Å². The molecule has 0 spiro atoms. The first-order chi connectivity index (χ1) is 13.5. The summed E-state index contributed by atoms with van der Waals surface area (Å²) >= 11 is 0. The number of aromatic nitrogens is 2. The third-order valence-electron chi connectivity index (χ3n) is 5.76. The Hall–Kier alpha value is -2.43. The van der Waals surface area contributed by atoms with Gasteiger partial charge in [0.25, 0.3) is 0 Å². The van der Waals surface area contributed by atoms with E-state index in [-0.39, 0.29) is 10.9 Å². The van der Waals surface area contributed by atoms with Crippen LogP contribution in [0.5, 0.6) is 5.88 Å². The Labute approximate surface area is 162 Å². The number of urea groups is 1. The van der Waals surface area contributed by atoms with Crippen molar-refractivity contribution < 1.29 is 13.7 Å². The minimum absolute atomic E-state index is 0.101. The Morgan fingerprint density at radius 3 is 2.64 bits per heavy atom. The highest BCUT2D eigenvalue weighted by atomic mass is 32.2. The fourth-order valence-electron chi connectivity index (χ4n) is 3.97. The Bertz CT molecular complexity index is 1080. The summed E-state index contributed by atoms with van der Waals surface area (Å²) in [5.74, 6) is 0.309. The Kier molecular flexibility index (Phi) is 3.97. The lowest BCUT2D eigenvalue weighted by atomic mass is 9.76. The maximum atomic E-state index is 13.0. The van der Waals surface area contributed by atoms with E-state index in [1.807, 2.05) is 7.05 Å². The van der Waals surface area contributed by atoms with Crippen LogP contribution < -0.4 is 20.5 Å². The number of ether oxygens (including phenoxy) is 1. The Morgan fingerprint density at radius 2 is 2.04 bits per heavy atom. The average Bonchev–Trinajstić information content (AvgIpc) is 3.02. The van der Waals surface area contributed by atoms with Crippen molar-refractivity contribution in [1.29, 1.82) is 0 Å². The molecule has 0 radical (unpaired) electrons. The van der Waals surface area contributed by atoms with Crippen LogP contribution in [-0.4, -0.2) is 39.7 Å². The number of carbonyl (C=O) groups is 1. The first kappa shape index (κ1) is 17.7. The molecule has 3 aliphatic rings. The number of nitrogens with one attached hydrogen (secondary N) is 2. The van der Waals surface area contributed by atoms with E-state index in [9.17, 15) is 9.00 Å².